The Balaban J connectivity index is 2.53. The van der Waals surface area contributed by atoms with Gasteiger partial charge in [-0.25, -0.2) is 0 Å². The van der Waals surface area contributed by atoms with Crippen molar-refractivity contribution < 1.29 is 9.84 Å². The minimum atomic E-state index is -0.474. The molecule has 0 bridgehead atoms. The van der Waals surface area contributed by atoms with E-state index in [1.165, 1.54) is 0 Å². The number of hydrogen-bond acceptors (Lipinski definition) is 4. The highest BCUT2D eigenvalue weighted by Gasteiger charge is 2.10. The normalized spacial score (nSPS) is 12.8. The standard InChI is InChI=1S/C13H22N2O2/c1-4-15(5-2)7-6-13(16)11-8-12(17-3)10-14-9-11/h8-10,13,16H,4-7H2,1-3H3. The molecule has 17 heavy (non-hydrogen) atoms. The van der Waals surface area contributed by atoms with Gasteiger partial charge < -0.3 is 14.7 Å². The second-order valence-corrected chi connectivity index (χ2v) is 3.99. The Morgan fingerprint density at radius 3 is 2.65 bits per heavy atom. The molecule has 4 nitrogen and oxygen atoms in total. The van der Waals surface area contributed by atoms with Gasteiger partial charge in [0.25, 0.3) is 0 Å². The van der Waals surface area contributed by atoms with Gasteiger partial charge in [-0.3, -0.25) is 4.98 Å². The molecular formula is C13H22N2O2. The quantitative estimate of drug-likeness (QED) is 0.787. The van der Waals surface area contributed by atoms with E-state index in [1.807, 2.05) is 6.07 Å². The highest BCUT2D eigenvalue weighted by atomic mass is 16.5. The number of aliphatic hydroxyl groups is 1. The molecule has 4 heteroatoms. The van der Waals surface area contributed by atoms with Crippen LogP contribution in [0.4, 0.5) is 0 Å². The predicted octanol–water partition coefficient (Wildman–Crippen LogP) is 1.86. The lowest BCUT2D eigenvalue weighted by atomic mass is 10.1. The molecule has 1 rings (SSSR count). The van der Waals surface area contributed by atoms with Crippen LogP contribution in [-0.4, -0.2) is 41.7 Å². The fourth-order valence-corrected chi connectivity index (χ4v) is 1.74. The zero-order valence-corrected chi connectivity index (χ0v) is 10.9. The molecule has 96 valence electrons. The lowest BCUT2D eigenvalue weighted by Crippen LogP contribution is -2.25. The van der Waals surface area contributed by atoms with Crippen LogP contribution in [0.3, 0.4) is 0 Å². The van der Waals surface area contributed by atoms with E-state index in [-0.39, 0.29) is 0 Å². The van der Waals surface area contributed by atoms with E-state index in [0.717, 1.165) is 31.6 Å². The van der Waals surface area contributed by atoms with Gasteiger partial charge >= 0.3 is 0 Å². The summed E-state index contributed by atoms with van der Waals surface area (Å²) in [7, 11) is 1.60. The Labute approximate surface area is 103 Å². The van der Waals surface area contributed by atoms with Gasteiger partial charge in [-0.05, 0) is 25.6 Å². The lowest BCUT2D eigenvalue weighted by Gasteiger charge is -2.20. The van der Waals surface area contributed by atoms with Crippen LogP contribution in [0.5, 0.6) is 5.75 Å². The highest BCUT2D eigenvalue weighted by molar-refractivity contribution is 5.24. The third-order valence-corrected chi connectivity index (χ3v) is 2.97. The van der Waals surface area contributed by atoms with Crippen LogP contribution >= 0.6 is 0 Å². The molecular weight excluding hydrogens is 216 g/mol. The second-order valence-electron chi connectivity index (χ2n) is 3.99. The molecule has 0 saturated carbocycles. The summed E-state index contributed by atoms with van der Waals surface area (Å²) in [6.07, 6.45) is 3.57. The van der Waals surface area contributed by atoms with E-state index in [0.29, 0.717) is 5.75 Å². The first-order valence-corrected chi connectivity index (χ1v) is 6.10. The first kappa shape index (κ1) is 13.9. The fraction of sp³-hybridized carbons (Fsp3) is 0.615. The number of pyridine rings is 1. The maximum absolute atomic E-state index is 10.1. The SMILES string of the molecule is CCN(CC)CCC(O)c1cncc(OC)c1. The van der Waals surface area contributed by atoms with E-state index in [9.17, 15) is 5.11 Å². The Kier molecular flexibility index (Phi) is 5.94. The molecule has 0 aliphatic carbocycles. The summed E-state index contributed by atoms with van der Waals surface area (Å²) in [6, 6.07) is 1.83. The number of aromatic nitrogens is 1. The van der Waals surface area contributed by atoms with Crippen LogP contribution in [0.25, 0.3) is 0 Å². The van der Waals surface area contributed by atoms with E-state index in [4.69, 9.17) is 4.74 Å². The first-order chi connectivity index (χ1) is 8.21. The molecule has 1 heterocycles. The van der Waals surface area contributed by atoms with Crippen molar-refractivity contribution >= 4 is 0 Å². The van der Waals surface area contributed by atoms with Gasteiger partial charge in [0.15, 0.2) is 0 Å². The Bertz CT molecular complexity index is 327. The van der Waals surface area contributed by atoms with Crippen LogP contribution in [-0.2, 0) is 0 Å². The zero-order chi connectivity index (χ0) is 12.7. The van der Waals surface area contributed by atoms with Gasteiger partial charge in [-0.1, -0.05) is 13.8 Å². The summed E-state index contributed by atoms with van der Waals surface area (Å²) >= 11 is 0. The molecule has 1 aromatic rings. The van der Waals surface area contributed by atoms with Crippen molar-refractivity contribution in [3.05, 3.63) is 24.0 Å². The van der Waals surface area contributed by atoms with Crippen molar-refractivity contribution in [2.45, 2.75) is 26.4 Å². The molecule has 0 aliphatic heterocycles. The molecule has 0 spiro atoms. The van der Waals surface area contributed by atoms with E-state index < -0.39 is 6.10 Å². The number of rotatable bonds is 7. The van der Waals surface area contributed by atoms with Crippen molar-refractivity contribution in [3.8, 4) is 5.75 Å². The molecule has 1 N–H and O–H groups in total. The van der Waals surface area contributed by atoms with Gasteiger partial charge in [0.05, 0.1) is 19.4 Å². The minimum absolute atomic E-state index is 0.474. The van der Waals surface area contributed by atoms with Gasteiger partial charge in [0.1, 0.15) is 5.75 Å². The number of methoxy groups -OCH3 is 1. The fourth-order valence-electron chi connectivity index (χ4n) is 1.74. The summed E-state index contributed by atoms with van der Waals surface area (Å²) in [5, 5.41) is 10.1. The van der Waals surface area contributed by atoms with Gasteiger partial charge in [0, 0.05) is 18.3 Å². The summed E-state index contributed by atoms with van der Waals surface area (Å²) in [5.74, 6) is 0.685. The second kappa shape index (κ2) is 7.25. The lowest BCUT2D eigenvalue weighted by molar-refractivity contribution is 0.144. The van der Waals surface area contributed by atoms with Crippen LogP contribution in [0.1, 0.15) is 31.9 Å². The van der Waals surface area contributed by atoms with Crippen LogP contribution in [0.15, 0.2) is 18.5 Å². The topological polar surface area (TPSA) is 45.6 Å². The van der Waals surface area contributed by atoms with Crippen molar-refractivity contribution in [1.29, 1.82) is 0 Å². The summed E-state index contributed by atoms with van der Waals surface area (Å²) in [4.78, 5) is 6.33. The van der Waals surface area contributed by atoms with Crippen LogP contribution in [0, 0.1) is 0 Å². The molecule has 0 saturated heterocycles. The van der Waals surface area contributed by atoms with Crippen molar-refractivity contribution in [2.24, 2.45) is 0 Å². The van der Waals surface area contributed by atoms with Crippen LogP contribution in [0.2, 0.25) is 0 Å². The van der Waals surface area contributed by atoms with E-state index in [1.54, 1.807) is 19.5 Å². The number of nitrogens with zero attached hydrogens (tertiary/aromatic N) is 2. The van der Waals surface area contributed by atoms with Crippen molar-refractivity contribution in [1.82, 2.24) is 9.88 Å². The predicted molar refractivity (Wildman–Crippen MR) is 68.2 cm³/mol. The number of hydrogen-bond donors (Lipinski definition) is 1. The van der Waals surface area contributed by atoms with E-state index in [2.05, 4.69) is 23.7 Å². The van der Waals surface area contributed by atoms with Crippen molar-refractivity contribution in [2.75, 3.05) is 26.7 Å². The monoisotopic (exact) mass is 238 g/mol. The smallest absolute Gasteiger partial charge is 0.137 e. The third kappa shape index (κ3) is 4.32. The molecule has 0 radical (unpaired) electrons. The maximum Gasteiger partial charge on any atom is 0.137 e. The average Bonchev–Trinajstić information content (AvgIpc) is 2.39. The number of ether oxygens (including phenoxy) is 1. The summed E-state index contributed by atoms with van der Waals surface area (Å²) in [5.41, 5.74) is 0.816. The molecule has 1 atom stereocenters. The van der Waals surface area contributed by atoms with Gasteiger partial charge in [-0.15, -0.1) is 0 Å². The molecule has 0 aliphatic rings. The van der Waals surface area contributed by atoms with Crippen molar-refractivity contribution in [3.63, 3.8) is 0 Å². The van der Waals surface area contributed by atoms with E-state index >= 15 is 0 Å². The maximum atomic E-state index is 10.1. The van der Waals surface area contributed by atoms with Crippen LogP contribution < -0.4 is 4.74 Å². The molecule has 0 fully saturated rings. The summed E-state index contributed by atoms with van der Waals surface area (Å²) < 4.78 is 5.09. The molecule has 1 aromatic heterocycles. The zero-order valence-electron chi connectivity index (χ0n) is 10.9. The average molecular weight is 238 g/mol. The highest BCUT2D eigenvalue weighted by Crippen LogP contribution is 2.20. The number of aliphatic hydroxyl groups excluding tert-OH is 1. The van der Waals surface area contributed by atoms with Gasteiger partial charge in [-0.2, -0.15) is 0 Å². The van der Waals surface area contributed by atoms with Gasteiger partial charge in [0.2, 0.25) is 0 Å². The summed E-state index contributed by atoms with van der Waals surface area (Å²) in [6.45, 7) is 7.18. The Morgan fingerprint density at radius 1 is 1.35 bits per heavy atom. The largest absolute Gasteiger partial charge is 0.495 e. The third-order valence-electron chi connectivity index (χ3n) is 2.97. The Morgan fingerprint density at radius 2 is 2.06 bits per heavy atom. The molecule has 1 unspecified atom stereocenters. The molecule has 0 amide bonds. The first-order valence-electron chi connectivity index (χ1n) is 6.10. The Hall–Kier alpha value is -1.13. The minimum Gasteiger partial charge on any atom is -0.495 e. The molecule has 0 aromatic carbocycles.